The summed E-state index contributed by atoms with van der Waals surface area (Å²) in [6.07, 6.45) is 4.74. The Hall–Kier alpha value is -2.04. The van der Waals surface area contributed by atoms with Crippen LogP contribution in [0.3, 0.4) is 0 Å². The van der Waals surface area contributed by atoms with E-state index in [4.69, 9.17) is 0 Å². The highest BCUT2D eigenvalue weighted by molar-refractivity contribution is 5.43. The second-order valence-corrected chi connectivity index (χ2v) is 3.23. The molecule has 0 unspecified atom stereocenters. The molecule has 0 amide bonds. The summed E-state index contributed by atoms with van der Waals surface area (Å²) in [5.41, 5.74) is 1.38. The van der Waals surface area contributed by atoms with Gasteiger partial charge in [0.2, 0.25) is 0 Å². The molecule has 1 N–H and O–H groups in total. The highest BCUT2D eigenvalue weighted by Crippen LogP contribution is 2.13. The van der Waals surface area contributed by atoms with Gasteiger partial charge in [0.25, 0.3) is 0 Å². The summed E-state index contributed by atoms with van der Waals surface area (Å²) in [6.45, 7) is 0.464. The molecule has 0 atom stereocenters. The second-order valence-electron chi connectivity index (χ2n) is 3.23. The van der Waals surface area contributed by atoms with E-state index < -0.39 is 11.6 Å². The van der Waals surface area contributed by atoms with Crippen molar-refractivity contribution in [3.63, 3.8) is 0 Å². The first-order valence-corrected chi connectivity index (χ1v) is 4.68. The lowest BCUT2D eigenvalue weighted by atomic mass is 10.2. The highest BCUT2D eigenvalue weighted by Gasteiger charge is 2.01. The van der Waals surface area contributed by atoms with E-state index in [-0.39, 0.29) is 0 Å². The molecule has 0 aliphatic rings. The molecule has 16 heavy (non-hydrogen) atoms. The van der Waals surface area contributed by atoms with Crippen molar-refractivity contribution < 1.29 is 8.78 Å². The largest absolute Gasteiger partial charge is 0.381 e. The Morgan fingerprint density at radius 3 is 2.50 bits per heavy atom. The van der Waals surface area contributed by atoms with E-state index >= 15 is 0 Å². The SMILES string of the molecule is Fc1ccc(NCc2cncnc2)cc1F. The van der Waals surface area contributed by atoms with Gasteiger partial charge in [0, 0.05) is 36.3 Å². The average molecular weight is 221 g/mol. The van der Waals surface area contributed by atoms with Gasteiger partial charge in [-0.25, -0.2) is 18.7 Å². The molecular formula is C11H9F2N3. The zero-order chi connectivity index (χ0) is 11.4. The Labute approximate surface area is 91.2 Å². The average Bonchev–Trinajstić information content (AvgIpc) is 2.32. The molecule has 1 aromatic heterocycles. The van der Waals surface area contributed by atoms with E-state index in [1.165, 1.54) is 12.4 Å². The first kappa shape index (κ1) is 10.5. The zero-order valence-electron chi connectivity index (χ0n) is 8.32. The van der Waals surface area contributed by atoms with Crippen molar-refractivity contribution in [1.29, 1.82) is 0 Å². The zero-order valence-corrected chi connectivity index (χ0v) is 8.32. The number of rotatable bonds is 3. The van der Waals surface area contributed by atoms with Crippen LogP contribution < -0.4 is 5.32 Å². The van der Waals surface area contributed by atoms with Gasteiger partial charge in [0.15, 0.2) is 11.6 Å². The minimum absolute atomic E-state index is 0.464. The predicted molar refractivity (Wildman–Crippen MR) is 55.7 cm³/mol. The molecule has 1 heterocycles. The third-order valence-corrected chi connectivity index (χ3v) is 2.03. The standard InChI is InChI=1S/C11H9F2N3/c12-10-2-1-9(3-11(10)13)16-6-8-4-14-7-15-5-8/h1-5,7,16H,6H2. The van der Waals surface area contributed by atoms with Crippen molar-refractivity contribution in [3.8, 4) is 0 Å². The highest BCUT2D eigenvalue weighted by atomic mass is 19.2. The number of anilines is 1. The minimum Gasteiger partial charge on any atom is -0.381 e. The van der Waals surface area contributed by atoms with Gasteiger partial charge in [0.05, 0.1) is 0 Å². The summed E-state index contributed by atoms with van der Waals surface area (Å²) in [4.78, 5) is 7.69. The van der Waals surface area contributed by atoms with Crippen LogP contribution in [0.4, 0.5) is 14.5 Å². The predicted octanol–water partition coefficient (Wildman–Crippen LogP) is 2.37. The van der Waals surface area contributed by atoms with Gasteiger partial charge in [-0.1, -0.05) is 0 Å². The smallest absolute Gasteiger partial charge is 0.160 e. The Balaban J connectivity index is 2.03. The van der Waals surface area contributed by atoms with Crippen LogP contribution in [0.1, 0.15) is 5.56 Å². The van der Waals surface area contributed by atoms with Crippen LogP contribution in [-0.2, 0) is 6.54 Å². The molecule has 0 fully saturated rings. The number of halogens is 2. The molecule has 0 bridgehead atoms. The molecule has 0 radical (unpaired) electrons. The lowest BCUT2D eigenvalue weighted by Crippen LogP contribution is -2.01. The summed E-state index contributed by atoms with van der Waals surface area (Å²) in [5.74, 6) is -1.72. The van der Waals surface area contributed by atoms with Crippen molar-refractivity contribution >= 4 is 5.69 Å². The Kier molecular flexibility index (Phi) is 3.05. The van der Waals surface area contributed by atoms with Crippen LogP contribution in [0.25, 0.3) is 0 Å². The van der Waals surface area contributed by atoms with Crippen molar-refractivity contribution in [1.82, 2.24) is 9.97 Å². The van der Waals surface area contributed by atoms with Crippen LogP contribution in [0.5, 0.6) is 0 Å². The number of aromatic nitrogens is 2. The van der Waals surface area contributed by atoms with E-state index in [9.17, 15) is 8.78 Å². The number of nitrogens with one attached hydrogen (secondary N) is 1. The van der Waals surface area contributed by atoms with Crippen molar-refractivity contribution in [2.75, 3.05) is 5.32 Å². The monoisotopic (exact) mass is 221 g/mol. The van der Waals surface area contributed by atoms with Crippen molar-refractivity contribution in [2.45, 2.75) is 6.54 Å². The molecule has 5 heteroatoms. The maximum Gasteiger partial charge on any atom is 0.160 e. The van der Waals surface area contributed by atoms with E-state index in [1.54, 1.807) is 12.4 Å². The topological polar surface area (TPSA) is 37.8 Å². The molecule has 1 aromatic carbocycles. The first-order chi connectivity index (χ1) is 7.75. The van der Waals surface area contributed by atoms with E-state index in [0.29, 0.717) is 12.2 Å². The lowest BCUT2D eigenvalue weighted by Gasteiger charge is -2.05. The van der Waals surface area contributed by atoms with Gasteiger partial charge < -0.3 is 5.32 Å². The lowest BCUT2D eigenvalue weighted by molar-refractivity contribution is 0.509. The normalized spacial score (nSPS) is 10.1. The summed E-state index contributed by atoms with van der Waals surface area (Å²) < 4.78 is 25.5. The number of nitrogens with zero attached hydrogens (tertiary/aromatic N) is 2. The Morgan fingerprint density at radius 2 is 1.81 bits per heavy atom. The van der Waals surface area contributed by atoms with Gasteiger partial charge in [-0.2, -0.15) is 0 Å². The van der Waals surface area contributed by atoms with E-state index in [1.807, 2.05) is 0 Å². The number of hydrogen-bond donors (Lipinski definition) is 1. The van der Waals surface area contributed by atoms with Gasteiger partial charge in [-0.15, -0.1) is 0 Å². The van der Waals surface area contributed by atoms with Crippen molar-refractivity contribution in [2.24, 2.45) is 0 Å². The Morgan fingerprint density at radius 1 is 1.06 bits per heavy atom. The van der Waals surface area contributed by atoms with Crippen LogP contribution in [0.15, 0.2) is 36.9 Å². The summed E-state index contributed by atoms with van der Waals surface area (Å²) >= 11 is 0. The Bertz CT molecular complexity index is 474. The molecule has 0 aliphatic heterocycles. The summed E-state index contributed by atoms with van der Waals surface area (Å²) in [6, 6.07) is 3.67. The van der Waals surface area contributed by atoms with E-state index in [2.05, 4.69) is 15.3 Å². The van der Waals surface area contributed by atoms with Crippen LogP contribution in [0.2, 0.25) is 0 Å². The van der Waals surface area contributed by atoms with Crippen LogP contribution in [0, 0.1) is 11.6 Å². The quantitative estimate of drug-likeness (QED) is 0.864. The third-order valence-electron chi connectivity index (χ3n) is 2.03. The van der Waals surface area contributed by atoms with Crippen LogP contribution >= 0.6 is 0 Å². The molecule has 0 saturated carbocycles. The summed E-state index contributed by atoms with van der Waals surface area (Å²) in [5, 5.41) is 2.94. The van der Waals surface area contributed by atoms with E-state index in [0.717, 1.165) is 17.7 Å². The fourth-order valence-electron chi connectivity index (χ4n) is 1.23. The molecule has 2 aromatic rings. The maximum atomic E-state index is 12.9. The van der Waals surface area contributed by atoms with Crippen molar-refractivity contribution in [3.05, 3.63) is 54.1 Å². The molecule has 82 valence electrons. The minimum atomic E-state index is -0.866. The van der Waals surface area contributed by atoms with Gasteiger partial charge in [-0.05, 0) is 12.1 Å². The second kappa shape index (κ2) is 4.65. The fourth-order valence-corrected chi connectivity index (χ4v) is 1.23. The van der Waals surface area contributed by atoms with Crippen LogP contribution in [-0.4, -0.2) is 9.97 Å². The number of benzene rings is 1. The summed E-state index contributed by atoms with van der Waals surface area (Å²) in [7, 11) is 0. The first-order valence-electron chi connectivity index (χ1n) is 4.68. The third kappa shape index (κ3) is 2.50. The molecule has 0 saturated heterocycles. The molecular weight excluding hydrogens is 212 g/mol. The molecule has 0 aliphatic carbocycles. The van der Waals surface area contributed by atoms with Gasteiger partial charge >= 0.3 is 0 Å². The number of hydrogen-bond acceptors (Lipinski definition) is 3. The molecule has 2 rings (SSSR count). The molecule has 0 spiro atoms. The molecule has 3 nitrogen and oxygen atoms in total. The van der Waals surface area contributed by atoms with Gasteiger partial charge in [0.1, 0.15) is 6.33 Å². The van der Waals surface area contributed by atoms with Gasteiger partial charge in [-0.3, -0.25) is 0 Å². The fraction of sp³-hybridized carbons (Fsp3) is 0.0909. The maximum absolute atomic E-state index is 12.9.